The first-order valence-corrected chi connectivity index (χ1v) is 12.8. The Kier molecular flexibility index (Phi) is 9.70. The molecule has 1 atom stereocenters. The van der Waals surface area contributed by atoms with E-state index in [1.807, 2.05) is 16.8 Å². The average molecular weight is 535 g/mol. The van der Waals surface area contributed by atoms with Crippen LogP contribution in [0.4, 0.5) is 0 Å². The minimum Gasteiger partial charge on any atom is -0.493 e. The van der Waals surface area contributed by atoms with Crippen molar-refractivity contribution in [2.75, 3.05) is 40.4 Å². The number of piperazine rings is 1. The van der Waals surface area contributed by atoms with E-state index in [4.69, 9.17) is 9.47 Å². The number of ether oxygens (including phenoxy) is 2. The van der Waals surface area contributed by atoms with Gasteiger partial charge in [-0.05, 0) is 45.7 Å². The highest BCUT2D eigenvalue weighted by Gasteiger charge is 2.31. The van der Waals surface area contributed by atoms with Crippen LogP contribution in [0.3, 0.4) is 0 Å². The number of halogens is 1. The van der Waals surface area contributed by atoms with Crippen LogP contribution >= 0.6 is 12.4 Å². The van der Waals surface area contributed by atoms with E-state index in [2.05, 4.69) is 92.1 Å². The van der Waals surface area contributed by atoms with E-state index < -0.39 is 0 Å². The fraction of sp³-hybridized carbons (Fsp3) is 0.345. The molecule has 0 N–H and O–H groups in total. The molecule has 200 valence electrons. The van der Waals surface area contributed by atoms with E-state index in [-0.39, 0.29) is 18.4 Å². The van der Waals surface area contributed by atoms with Gasteiger partial charge in [0.25, 0.3) is 0 Å². The summed E-state index contributed by atoms with van der Waals surface area (Å²) >= 11 is 0. The topological polar surface area (TPSA) is 68.5 Å². The molecule has 1 aliphatic heterocycles. The van der Waals surface area contributed by atoms with Crippen LogP contribution in [0.2, 0.25) is 0 Å². The van der Waals surface area contributed by atoms with Crippen molar-refractivity contribution in [1.82, 2.24) is 30.0 Å². The van der Waals surface area contributed by atoms with Crippen molar-refractivity contribution in [3.05, 3.63) is 101 Å². The molecular weight excluding hydrogens is 500 g/mol. The second-order valence-corrected chi connectivity index (χ2v) is 9.31. The number of nitrogens with zero attached hydrogens (tertiary/aromatic N) is 6. The number of aromatic nitrogens is 4. The number of rotatable bonds is 10. The number of benzene rings is 3. The Labute approximate surface area is 230 Å². The maximum Gasteiger partial charge on any atom is 0.173 e. The third kappa shape index (κ3) is 6.51. The number of hydrogen-bond donors (Lipinski definition) is 0. The third-order valence-electron chi connectivity index (χ3n) is 7.00. The molecule has 1 aromatic heterocycles. The Bertz CT molecular complexity index is 1260. The normalized spacial score (nSPS) is 15.0. The van der Waals surface area contributed by atoms with Crippen molar-refractivity contribution in [2.45, 2.75) is 25.6 Å². The van der Waals surface area contributed by atoms with Gasteiger partial charge in [0.05, 0.1) is 20.3 Å². The second-order valence-electron chi connectivity index (χ2n) is 9.31. The highest BCUT2D eigenvalue weighted by atomic mass is 35.5. The Morgan fingerprint density at radius 2 is 1.45 bits per heavy atom. The SMILES string of the molecule is COc1ccc(C(c2nnnn2CCc2ccccc2)N2CCN(Cc3ccccc3)CC2)cc1OC.Cl. The Morgan fingerprint density at radius 3 is 2.11 bits per heavy atom. The van der Waals surface area contributed by atoms with Crippen LogP contribution in [0.1, 0.15) is 28.6 Å². The minimum atomic E-state index is -0.0931. The minimum absolute atomic E-state index is 0. The average Bonchev–Trinajstić information content (AvgIpc) is 3.42. The van der Waals surface area contributed by atoms with Crippen LogP contribution in [0.25, 0.3) is 0 Å². The lowest BCUT2D eigenvalue weighted by atomic mass is 10.0. The molecular formula is C29H35ClN6O2. The van der Waals surface area contributed by atoms with Gasteiger partial charge in [-0.3, -0.25) is 9.80 Å². The molecule has 0 bridgehead atoms. The van der Waals surface area contributed by atoms with Crippen molar-refractivity contribution >= 4 is 12.4 Å². The quantitative estimate of drug-likeness (QED) is 0.301. The Morgan fingerprint density at radius 1 is 0.789 bits per heavy atom. The summed E-state index contributed by atoms with van der Waals surface area (Å²) < 4.78 is 13.1. The van der Waals surface area contributed by atoms with Crippen molar-refractivity contribution < 1.29 is 9.47 Å². The van der Waals surface area contributed by atoms with Crippen LogP contribution in [0, 0.1) is 0 Å². The second kappa shape index (κ2) is 13.4. The summed E-state index contributed by atoms with van der Waals surface area (Å²) in [5, 5.41) is 13.0. The summed E-state index contributed by atoms with van der Waals surface area (Å²) in [4.78, 5) is 4.99. The molecule has 1 saturated heterocycles. The van der Waals surface area contributed by atoms with Gasteiger partial charge in [-0.15, -0.1) is 17.5 Å². The van der Waals surface area contributed by atoms with Gasteiger partial charge in [-0.2, -0.15) is 0 Å². The molecule has 1 fully saturated rings. The van der Waals surface area contributed by atoms with Gasteiger partial charge in [-0.1, -0.05) is 66.7 Å². The van der Waals surface area contributed by atoms with Gasteiger partial charge in [-0.25, -0.2) is 4.68 Å². The molecule has 4 aromatic rings. The van der Waals surface area contributed by atoms with Gasteiger partial charge in [0.2, 0.25) is 0 Å². The van der Waals surface area contributed by atoms with E-state index in [9.17, 15) is 0 Å². The zero-order valence-corrected chi connectivity index (χ0v) is 22.8. The molecule has 3 aromatic carbocycles. The van der Waals surface area contributed by atoms with E-state index in [0.29, 0.717) is 18.0 Å². The summed E-state index contributed by atoms with van der Waals surface area (Å²) in [7, 11) is 3.33. The summed E-state index contributed by atoms with van der Waals surface area (Å²) in [5.74, 6) is 2.26. The van der Waals surface area contributed by atoms with E-state index >= 15 is 0 Å². The van der Waals surface area contributed by atoms with Crippen molar-refractivity contribution in [3.8, 4) is 11.5 Å². The maximum absolute atomic E-state index is 5.64. The van der Waals surface area contributed by atoms with Crippen molar-refractivity contribution in [1.29, 1.82) is 0 Å². The molecule has 1 unspecified atom stereocenters. The monoisotopic (exact) mass is 534 g/mol. The zero-order valence-electron chi connectivity index (χ0n) is 21.9. The van der Waals surface area contributed by atoms with Gasteiger partial charge in [0, 0.05) is 39.3 Å². The summed E-state index contributed by atoms with van der Waals surface area (Å²) in [6, 6.07) is 27.1. The van der Waals surface area contributed by atoms with Gasteiger partial charge in [0.1, 0.15) is 0 Å². The lowest BCUT2D eigenvalue weighted by Crippen LogP contribution is -2.48. The molecule has 0 aliphatic carbocycles. The Hall–Kier alpha value is -3.46. The fourth-order valence-electron chi connectivity index (χ4n) is 5.01. The predicted molar refractivity (Wildman–Crippen MR) is 150 cm³/mol. The predicted octanol–water partition coefficient (Wildman–Crippen LogP) is 4.26. The molecule has 1 aliphatic rings. The van der Waals surface area contributed by atoms with E-state index in [0.717, 1.165) is 50.5 Å². The van der Waals surface area contributed by atoms with Gasteiger partial charge >= 0.3 is 0 Å². The molecule has 2 heterocycles. The Balaban J connectivity index is 0.00000336. The highest BCUT2D eigenvalue weighted by molar-refractivity contribution is 5.85. The number of aryl methyl sites for hydroxylation is 2. The number of tetrazole rings is 1. The lowest BCUT2D eigenvalue weighted by Gasteiger charge is -2.39. The van der Waals surface area contributed by atoms with Crippen molar-refractivity contribution in [3.63, 3.8) is 0 Å². The van der Waals surface area contributed by atoms with Crippen LogP contribution in [0.5, 0.6) is 11.5 Å². The van der Waals surface area contributed by atoms with Crippen molar-refractivity contribution in [2.24, 2.45) is 0 Å². The van der Waals surface area contributed by atoms with Crippen LogP contribution in [0.15, 0.2) is 78.9 Å². The van der Waals surface area contributed by atoms with Gasteiger partial charge < -0.3 is 9.47 Å². The molecule has 9 heteroatoms. The first-order chi connectivity index (χ1) is 18.2. The third-order valence-corrected chi connectivity index (χ3v) is 7.00. The van der Waals surface area contributed by atoms with E-state index in [1.165, 1.54) is 11.1 Å². The standard InChI is InChI=1S/C29H34N6O2.ClH/c1-36-26-14-13-25(21-27(26)37-2)28(29-30-31-32-35(29)16-15-23-9-5-3-6-10-23)34-19-17-33(18-20-34)22-24-11-7-4-8-12-24;/h3-14,21,28H,15-20,22H2,1-2H3;1H. The molecule has 0 spiro atoms. The molecule has 8 nitrogen and oxygen atoms in total. The molecule has 38 heavy (non-hydrogen) atoms. The number of methoxy groups -OCH3 is 2. The zero-order chi connectivity index (χ0) is 25.5. The molecule has 0 saturated carbocycles. The first-order valence-electron chi connectivity index (χ1n) is 12.8. The molecule has 0 radical (unpaired) electrons. The molecule has 0 amide bonds. The van der Waals surface area contributed by atoms with Crippen LogP contribution in [-0.2, 0) is 19.5 Å². The van der Waals surface area contributed by atoms with Crippen LogP contribution in [-0.4, -0.2) is 70.4 Å². The first kappa shape index (κ1) is 27.6. The smallest absolute Gasteiger partial charge is 0.173 e. The summed E-state index contributed by atoms with van der Waals surface area (Å²) in [6.45, 7) is 5.46. The van der Waals surface area contributed by atoms with E-state index in [1.54, 1.807) is 14.2 Å². The number of hydrogen-bond acceptors (Lipinski definition) is 7. The molecule has 5 rings (SSSR count). The lowest BCUT2D eigenvalue weighted by molar-refractivity contribution is 0.0999. The summed E-state index contributed by atoms with van der Waals surface area (Å²) in [6.07, 6.45) is 0.863. The van der Waals surface area contributed by atoms with Gasteiger partial charge in [0.15, 0.2) is 17.3 Å². The maximum atomic E-state index is 5.64. The van der Waals surface area contributed by atoms with Crippen LogP contribution < -0.4 is 9.47 Å². The fourth-order valence-corrected chi connectivity index (χ4v) is 5.01. The largest absolute Gasteiger partial charge is 0.493 e. The summed E-state index contributed by atoms with van der Waals surface area (Å²) in [5.41, 5.74) is 3.70. The highest BCUT2D eigenvalue weighted by Crippen LogP contribution is 2.35.